The molecule has 0 amide bonds. The van der Waals surface area contributed by atoms with Crippen LogP contribution < -0.4 is 0 Å². The van der Waals surface area contributed by atoms with Crippen molar-refractivity contribution in [1.29, 1.82) is 0 Å². The van der Waals surface area contributed by atoms with Gasteiger partial charge in [-0.25, -0.2) is 4.99 Å². The number of rotatable bonds is 4. The molecule has 31 heavy (non-hydrogen) atoms. The van der Waals surface area contributed by atoms with Gasteiger partial charge in [0.05, 0.1) is 6.04 Å². The zero-order valence-electron chi connectivity index (χ0n) is 18.3. The van der Waals surface area contributed by atoms with Crippen molar-refractivity contribution in [2.45, 2.75) is 49.3 Å². The lowest BCUT2D eigenvalue weighted by Gasteiger charge is -2.22. The zero-order chi connectivity index (χ0) is 21.2. The lowest BCUT2D eigenvalue weighted by Crippen LogP contribution is -2.13. The van der Waals surface area contributed by atoms with E-state index >= 15 is 0 Å². The Morgan fingerprint density at radius 3 is 2.32 bits per heavy atom. The summed E-state index contributed by atoms with van der Waals surface area (Å²) in [4.78, 5) is 6.29. The van der Waals surface area contributed by atoms with E-state index in [1.54, 1.807) is 0 Å². The first-order valence-corrected chi connectivity index (χ1v) is 12.2. The number of hydrogen-bond donors (Lipinski definition) is 0. The Morgan fingerprint density at radius 1 is 0.871 bits per heavy atom. The Morgan fingerprint density at radius 2 is 1.58 bits per heavy atom. The number of benzene rings is 3. The van der Waals surface area contributed by atoms with Gasteiger partial charge in [-0.15, -0.1) is 11.8 Å². The van der Waals surface area contributed by atoms with Crippen LogP contribution in [-0.2, 0) is 24.0 Å². The van der Waals surface area contributed by atoms with E-state index in [9.17, 15) is 0 Å². The van der Waals surface area contributed by atoms with Gasteiger partial charge in [0.2, 0.25) is 5.90 Å². The molecule has 158 valence electrons. The second kappa shape index (κ2) is 8.92. The summed E-state index contributed by atoms with van der Waals surface area (Å²) in [5.41, 5.74) is 6.64. The van der Waals surface area contributed by atoms with Crippen molar-refractivity contribution in [3.63, 3.8) is 0 Å². The Bertz CT molecular complexity index is 1070. The molecule has 3 aromatic rings. The number of ether oxygens (including phenoxy) is 1. The first-order valence-electron chi connectivity index (χ1n) is 11.3. The summed E-state index contributed by atoms with van der Waals surface area (Å²) in [5.74, 6) is 1.32. The van der Waals surface area contributed by atoms with E-state index < -0.39 is 0 Å². The second-order valence-electron chi connectivity index (χ2n) is 8.92. The number of nitrogens with zero attached hydrogens (tertiary/aromatic N) is 1. The van der Waals surface area contributed by atoms with Crippen molar-refractivity contribution in [2.75, 3.05) is 6.61 Å². The van der Waals surface area contributed by atoms with Crippen LogP contribution in [0.25, 0.3) is 0 Å². The molecular formula is C28H29NOS. The van der Waals surface area contributed by atoms with Gasteiger partial charge in [-0.05, 0) is 65.6 Å². The summed E-state index contributed by atoms with van der Waals surface area (Å²) in [7, 11) is 0. The van der Waals surface area contributed by atoms with Crippen LogP contribution in [0.5, 0.6) is 0 Å². The minimum Gasteiger partial charge on any atom is -0.475 e. The van der Waals surface area contributed by atoms with Crippen LogP contribution in [0.4, 0.5) is 0 Å². The van der Waals surface area contributed by atoms with Gasteiger partial charge in [0.15, 0.2) is 0 Å². The fraction of sp³-hybridized carbons (Fsp3) is 0.321. The van der Waals surface area contributed by atoms with Gasteiger partial charge < -0.3 is 4.74 Å². The normalized spacial score (nSPS) is 20.3. The molecule has 0 saturated heterocycles. The summed E-state index contributed by atoms with van der Waals surface area (Å²) in [6.07, 6.45) is 3.07. The van der Waals surface area contributed by atoms with E-state index in [0.717, 1.165) is 25.2 Å². The standard InChI is InChI=1S/C28H29NOS/c1-19(2)26-18-30-28(29-26)25-16-21-11-8-20-9-12-22(13-10-20)17-27(24(25)15-14-21)31-23-6-4-3-5-7-23/h3-7,9-10,12-16,19,26-27H,8,11,17-18H2,1-2H3/t26-,27-/m1/s1. The molecule has 1 heterocycles. The van der Waals surface area contributed by atoms with Crippen molar-refractivity contribution in [3.05, 3.63) is 101 Å². The third kappa shape index (κ3) is 4.57. The lowest BCUT2D eigenvalue weighted by molar-refractivity contribution is 0.291. The Labute approximate surface area is 189 Å². The average molecular weight is 428 g/mol. The molecule has 0 N–H and O–H groups in total. The molecule has 5 aliphatic rings. The number of aryl methyl sites for hydroxylation is 2. The van der Waals surface area contributed by atoms with Crippen LogP contribution in [0, 0.1) is 5.92 Å². The summed E-state index contributed by atoms with van der Waals surface area (Å²) in [5, 5.41) is 0.293. The molecule has 4 aliphatic carbocycles. The van der Waals surface area contributed by atoms with Gasteiger partial charge in [0.25, 0.3) is 0 Å². The largest absolute Gasteiger partial charge is 0.475 e. The molecule has 0 fully saturated rings. The van der Waals surface area contributed by atoms with Crippen LogP contribution in [-0.4, -0.2) is 18.5 Å². The van der Waals surface area contributed by atoms with Crippen molar-refractivity contribution in [1.82, 2.24) is 0 Å². The van der Waals surface area contributed by atoms with Crippen LogP contribution in [0.1, 0.15) is 46.9 Å². The Balaban J connectivity index is 1.60. The predicted molar refractivity (Wildman–Crippen MR) is 130 cm³/mol. The molecule has 0 saturated carbocycles. The van der Waals surface area contributed by atoms with Crippen molar-refractivity contribution >= 4 is 17.7 Å². The molecule has 3 aromatic carbocycles. The quantitative estimate of drug-likeness (QED) is 0.464. The summed E-state index contributed by atoms with van der Waals surface area (Å²) in [6, 6.07) is 27.2. The van der Waals surface area contributed by atoms with Gasteiger partial charge >= 0.3 is 0 Å². The van der Waals surface area contributed by atoms with E-state index in [4.69, 9.17) is 9.73 Å². The smallest absolute Gasteiger partial charge is 0.216 e. The first kappa shape index (κ1) is 20.4. The molecule has 8 rings (SSSR count). The molecular weight excluding hydrogens is 398 g/mol. The highest BCUT2D eigenvalue weighted by molar-refractivity contribution is 7.99. The number of thioether (sulfide) groups is 1. The maximum absolute atomic E-state index is 6.17. The summed E-state index contributed by atoms with van der Waals surface area (Å²) < 4.78 is 6.17. The van der Waals surface area contributed by atoms with Gasteiger partial charge in [0.1, 0.15) is 6.61 Å². The first-order chi connectivity index (χ1) is 15.2. The molecule has 0 aromatic heterocycles. The molecule has 0 spiro atoms. The lowest BCUT2D eigenvalue weighted by atomic mass is 9.93. The molecule has 0 radical (unpaired) electrons. The van der Waals surface area contributed by atoms with E-state index in [0.29, 0.717) is 17.8 Å². The number of aliphatic imine (C=N–C) groups is 1. The van der Waals surface area contributed by atoms with Crippen LogP contribution in [0.15, 0.2) is 82.7 Å². The van der Waals surface area contributed by atoms with Crippen molar-refractivity contribution < 1.29 is 4.74 Å². The van der Waals surface area contributed by atoms with Crippen LogP contribution >= 0.6 is 11.8 Å². The van der Waals surface area contributed by atoms with Crippen molar-refractivity contribution in [3.8, 4) is 0 Å². The monoisotopic (exact) mass is 427 g/mol. The minimum absolute atomic E-state index is 0.248. The molecule has 1 aliphatic heterocycles. The molecule has 4 bridgehead atoms. The number of hydrogen-bond acceptors (Lipinski definition) is 3. The molecule has 2 atom stereocenters. The average Bonchev–Trinajstić information content (AvgIpc) is 3.28. The van der Waals surface area contributed by atoms with Gasteiger partial charge in [0, 0.05) is 15.7 Å². The molecule has 2 nitrogen and oxygen atoms in total. The third-order valence-corrected chi connectivity index (χ3v) is 7.56. The van der Waals surface area contributed by atoms with E-state index in [1.165, 1.54) is 32.7 Å². The Hall–Kier alpha value is -2.52. The molecule has 3 heteroatoms. The van der Waals surface area contributed by atoms with Crippen molar-refractivity contribution in [2.24, 2.45) is 10.9 Å². The van der Waals surface area contributed by atoms with E-state index in [-0.39, 0.29) is 6.04 Å². The highest BCUT2D eigenvalue weighted by atomic mass is 32.2. The maximum atomic E-state index is 6.17. The van der Waals surface area contributed by atoms with Gasteiger partial charge in [-0.3, -0.25) is 0 Å². The maximum Gasteiger partial charge on any atom is 0.216 e. The minimum atomic E-state index is 0.248. The highest BCUT2D eigenvalue weighted by Crippen LogP contribution is 2.40. The van der Waals surface area contributed by atoms with Gasteiger partial charge in [-0.2, -0.15) is 0 Å². The SMILES string of the molecule is CC(C)[C@H]1COC(c2cc3ccc2[C@H](Sc2ccccc2)Cc2ccc(cc2)CC3)=N1. The van der Waals surface area contributed by atoms with Gasteiger partial charge in [-0.1, -0.05) is 68.4 Å². The summed E-state index contributed by atoms with van der Waals surface area (Å²) >= 11 is 1.93. The fourth-order valence-corrected chi connectivity index (χ4v) is 5.58. The van der Waals surface area contributed by atoms with E-state index in [1.807, 2.05) is 11.8 Å². The topological polar surface area (TPSA) is 21.6 Å². The van der Waals surface area contributed by atoms with Crippen LogP contribution in [0.2, 0.25) is 0 Å². The fourth-order valence-electron chi connectivity index (χ4n) is 4.33. The second-order valence-corrected chi connectivity index (χ2v) is 10.2. The Kier molecular flexibility index (Phi) is 5.87. The predicted octanol–water partition coefficient (Wildman–Crippen LogP) is 6.66. The zero-order valence-corrected chi connectivity index (χ0v) is 19.1. The van der Waals surface area contributed by atoms with Crippen LogP contribution in [0.3, 0.4) is 0 Å². The molecule has 0 unspecified atom stereocenters. The summed E-state index contributed by atoms with van der Waals surface area (Å²) in [6.45, 7) is 5.14. The highest BCUT2D eigenvalue weighted by Gasteiger charge is 2.27. The van der Waals surface area contributed by atoms with E-state index in [2.05, 4.69) is 86.6 Å². The third-order valence-electron chi connectivity index (χ3n) is 6.31.